The van der Waals surface area contributed by atoms with Gasteiger partial charge < -0.3 is 13.9 Å². The van der Waals surface area contributed by atoms with Crippen LogP contribution in [0.1, 0.15) is 26.5 Å². The van der Waals surface area contributed by atoms with Gasteiger partial charge in [0.05, 0.1) is 31.0 Å². The monoisotopic (exact) mass is 412 g/mol. The van der Waals surface area contributed by atoms with Gasteiger partial charge in [-0.25, -0.2) is 10.2 Å². The largest absolute Gasteiger partial charge is 0.497 e. The zero-order chi connectivity index (χ0) is 20.8. The summed E-state index contributed by atoms with van der Waals surface area (Å²) in [5.41, 5.74) is 3.83. The molecule has 1 N–H and O–H groups in total. The first-order valence-corrected chi connectivity index (χ1v) is 8.85. The molecule has 0 aliphatic rings. The number of ether oxygens (including phenoxy) is 2. The third-order valence-electron chi connectivity index (χ3n) is 4.00. The summed E-state index contributed by atoms with van der Waals surface area (Å²) in [5.74, 6) is 0.754. The molecule has 8 heteroatoms. The van der Waals surface area contributed by atoms with Gasteiger partial charge >= 0.3 is 5.97 Å². The Labute approximate surface area is 171 Å². The Hall–Kier alpha value is -3.58. The zero-order valence-corrected chi connectivity index (χ0v) is 16.4. The number of halogens is 1. The van der Waals surface area contributed by atoms with Gasteiger partial charge in [0.25, 0.3) is 5.91 Å². The molecule has 2 aromatic carbocycles. The third kappa shape index (κ3) is 4.83. The molecule has 1 amide bonds. The van der Waals surface area contributed by atoms with Gasteiger partial charge in [-0.15, -0.1) is 0 Å². The molecule has 148 valence electrons. The van der Waals surface area contributed by atoms with E-state index in [1.807, 2.05) is 0 Å². The van der Waals surface area contributed by atoms with Crippen LogP contribution in [0.25, 0.3) is 11.3 Å². The van der Waals surface area contributed by atoms with E-state index in [2.05, 4.69) is 15.3 Å². The lowest BCUT2D eigenvalue weighted by atomic mass is 10.1. The van der Waals surface area contributed by atoms with E-state index in [1.165, 1.54) is 13.3 Å². The van der Waals surface area contributed by atoms with Crippen LogP contribution in [-0.2, 0) is 4.74 Å². The summed E-state index contributed by atoms with van der Waals surface area (Å²) < 4.78 is 15.4. The Morgan fingerprint density at radius 2 is 1.83 bits per heavy atom. The minimum Gasteiger partial charge on any atom is -0.497 e. The summed E-state index contributed by atoms with van der Waals surface area (Å²) in [7, 11) is 2.84. The van der Waals surface area contributed by atoms with Crippen LogP contribution < -0.4 is 10.2 Å². The van der Waals surface area contributed by atoms with Crippen LogP contribution in [0.3, 0.4) is 0 Å². The van der Waals surface area contributed by atoms with Crippen molar-refractivity contribution in [2.24, 2.45) is 5.10 Å². The van der Waals surface area contributed by atoms with Crippen LogP contribution in [0.15, 0.2) is 64.1 Å². The second-order valence-corrected chi connectivity index (χ2v) is 6.22. The summed E-state index contributed by atoms with van der Waals surface area (Å²) >= 11 is 6.13. The number of hydrogen-bond acceptors (Lipinski definition) is 6. The molecule has 0 spiro atoms. The number of nitrogens with one attached hydrogen (secondary N) is 1. The van der Waals surface area contributed by atoms with Crippen LogP contribution in [0.4, 0.5) is 0 Å². The van der Waals surface area contributed by atoms with Crippen molar-refractivity contribution in [2.75, 3.05) is 14.2 Å². The van der Waals surface area contributed by atoms with Gasteiger partial charge in [-0.05, 0) is 48.5 Å². The summed E-state index contributed by atoms with van der Waals surface area (Å²) in [6.45, 7) is 0. The molecule has 1 heterocycles. The van der Waals surface area contributed by atoms with Crippen LogP contribution in [0.5, 0.6) is 5.75 Å². The predicted octanol–water partition coefficient (Wildman–Crippen LogP) is 4.16. The number of esters is 1. The molecule has 7 nitrogen and oxygen atoms in total. The van der Waals surface area contributed by atoms with Crippen LogP contribution in [-0.4, -0.2) is 32.3 Å². The Bertz CT molecular complexity index is 1060. The van der Waals surface area contributed by atoms with Crippen molar-refractivity contribution in [3.05, 3.63) is 76.5 Å². The molecule has 29 heavy (non-hydrogen) atoms. The van der Waals surface area contributed by atoms with Crippen LogP contribution >= 0.6 is 11.6 Å². The first kappa shape index (κ1) is 20.2. The maximum Gasteiger partial charge on any atom is 0.339 e. The number of hydrazone groups is 1. The van der Waals surface area contributed by atoms with Gasteiger partial charge in [-0.1, -0.05) is 17.7 Å². The van der Waals surface area contributed by atoms with Gasteiger partial charge in [-0.2, -0.15) is 5.10 Å². The number of rotatable bonds is 6. The van der Waals surface area contributed by atoms with Crippen molar-refractivity contribution in [3.8, 4) is 17.1 Å². The van der Waals surface area contributed by atoms with Crippen LogP contribution in [0.2, 0.25) is 5.02 Å². The molecule has 0 radical (unpaired) electrons. The lowest BCUT2D eigenvalue weighted by Gasteiger charge is -2.04. The minimum absolute atomic E-state index is 0.257. The fraction of sp³-hybridized carbons (Fsp3) is 0.0952. The number of nitrogens with zero attached hydrogens (tertiary/aromatic N) is 1. The lowest BCUT2D eigenvalue weighted by Crippen LogP contribution is -2.17. The summed E-state index contributed by atoms with van der Waals surface area (Å²) in [6, 6.07) is 14.9. The third-order valence-corrected chi connectivity index (χ3v) is 4.31. The molecule has 3 rings (SSSR count). The molecular weight excluding hydrogens is 396 g/mol. The first-order valence-electron chi connectivity index (χ1n) is 8.47. The maximum absolute atomic E-state index is 12.1. The Morgan fingerprint density at radius 3 is 2.48 bits per heavy atom. The van der Waals surface area contributed by atoms with Crippen molar-refractivity contribution in [2.45, 2.75) is 0 Å². The van der Waals surface area contributed by atoms with E-state index >= 15 is 0 Å². The molecule has 3 aromatic rings. The van der Waals surface area contributed by atoms with E-state index in [-0.39, 0.29) is 16.5 Å². The second kappa shape index (κ2) is 9.07. The Morgan fingerprint density at radius 1 is 1.07 bits per heavy atom. The van der Waals surface area contributed by atoms with Gasteiger partial charge in [0, 0.05) is 11.1 Å². The summed E-state index contributed by atoms with van der Waals surface area (Å²) in [6.07, 6.45) is 1.38. The molecule has 0 saturated carbocycles. The number of hydrogen-bond donors (Lipinski definition) is 1. The van der Waals surface area contributed by atoms with Gasteiger partial charge in [0.15, 0.2) is 0 Å². The van der Waals surface area contributed by atoms with Crippen LogP contribution in [0, 0.1) is 0 Å². The van der Waals surface area contributed by atoms with Gasteiger partial charge in [0.2, 0.25) is 0 Å². The van der Waals surface area contributed by atoms with E-state index < -0.39 is 5.97 Å². The molecule has 0 saturated heterocycles. The average Bonchev–Trinajstić information content (AvgIpc) is 3.22. The first-order chi connectivity index (χ1) is 14.0. The number of amides is 1. The molecule has 0 aliphatic carbocycles. The molecule has 0 bridgehead atoms. The minimum atomic E-state index is -0.513. The van der Waals surface area contributed by atoms with Crippen molar-refractivity contribution in [1.82, 2.24) is 5.43 Å². The van der Waals surface area contributed by atoms with Gasteiger partial charge in [0.1, 0.15) is 17.3 Å². The summed E-state index contributed by atoms with van der Waals surface area (Å²) in [4.78, 5) is 23.7. The standard InChI is InChI=1S/C21H17ClN2O5/c1-27-15-6-3-13(4-7-15)20(25)24-23-12-16-8-10-19(29-16)14-5-9-17(18(22)11-14)21(26)28-2/h3-12H,1-2H3,(H,24,25)/b23-12-. The molecule has 1 aromatic heterocycles. The highest BCUT2D eigenvalue weighted by atomic mass is 35.5. The van der Waals surface area contributed by atoms with E-state index in [1.54, 1.807) is 61.7 Å². The number of carbonyl (C=O) groups excluding carboxylic acids is 2. The zero-order valence-electron chi connectivity index (χ0n) is 15.6. The van der Waals surface area contributed by atoms with Crippen molar-refractivity contribution in [3.63, 3.8) is 0 Å². The van der Waals surface area contributed by atoms with Crippen molar-refractivity contribution in [1.29, 1.82) is 0 Å². The maximum atomic E-state index is 12.1. The molecule has 0 fully saturated rings. The van der Waals surface area contributed by atoms with Crippen molar-refractivity contribution >= 4 is 29.7 Å². The topological polar surface area (TPSA) is 90.1 Å². The molecular formula is C21H17ClN2O5. The molecule has 0 unspecified atom stereocenters. The fourth-order valence-electron chi connectivity index (χ4n) is 2.48. The average molecular weight is 413 g/mol. The number of carbonyl (C=O) groups is 2. The SMILES string of the molecule is COC(=O)c1ccc(-c2ccc(/C=N\NC(=O)c3ccc(OC)cc3)o2)cc1Cl. The van der Waals surface area contributed by atoms with Gasteiger partial charge in [-0.3, -0.25) is 4.79 Å². The van der Waals surface area contributed by atoms with E-state index in [4.69, 9.17) is 20.8 Å². The van der Waals surface area contributed by atoms with E-state index in [0.29, 0.717) is 28.4 Å². The summed E-state index contributed by atoms with van der Waals surface area (Å²) in [5, 5.41) is 4.15. The number of benzene rings is 2. The Balaban J connectivity index is 1.66. The predicted molar refractivity (Wildman–Crippen MR) is 109 cm³/mol. The number of furan rings is 1. The van der Waals surface area contributed by atoms with E-state index in [9.17, 15) is 9.59 Å². The lowest BCUT2D eigenvalue weighted by molar-refractivity contribution is 0.0600. The normalized spacial score (nSPS) is 10.7. The smallest absolute Gasteiger partial charge is 0.339 e. The number of methoxy groups -OCH3 is 2. The Kier molecular flexibility index (Phi) is 6.31. The molecule has 0 aliphatic heterocycles. The quantitative estimate of drug-likeness (QED) is 0.373. The highest BCUT2D eigenvalue weighted by Crippen LogP contribution is 2.27. The molecule has 0 atom stereocenters. The second-order valence-electron chi connectivity index (χ2n) is 5.82. The fourth-order valence-corrected chi connectivity index (χ4v) is 2.74. The van der Waals surface area contributed by atoms with Crippen molar-refractivity contribution < 1.29 is 23.5 Å². The highest BCUT2D eigenvalue weighted by Gasteiger charge is 2.13. The highest BCUT2D eigenvalue weighted by molar-refractivity contribution is 6.33. The van der Waals surface area contributed by atoms with E-state index in [0.717, 1.165) is 0 Å².